The Kier molecular flexibility index (Phi) is 2.52. The van der Waals surface area contributed by atoms with Gasteiger partial charge in [0.1, 0.15) is 0 Å². The van der Waals surface area contributed by atoms with Gasteiger partial charge in [-0.25, -0.2) is 0 Å². The summed E-state index contributed by atoms with van der Waals surface area (Å²) in [6, 6.07) is 10.1. The van der Waals surface area contributed by atoms with Gasteiger partial charge in [0.25, 0.3) is 0 Å². The number of benzene rings is 1. The Morgan fingerprint density at radius 3 is 2.33 bits per heavy atom. The number of hydrogen-bond acceptors (Lipinski definition) is 0. The van der Waals surface area contributed by atoms with Crippen LogP contribution >= 0.6 is 15.9 Å². The Labute approximate surface area is 63.3 Å². The van der Waals surface area contributed by atoms with Gasteiger partial charge in [0.05, 0.1) is 0 Å². The van der Waals surface area contributed by atoms with E-state index in [0.29, 0.717) is 0 Å². The molecule has 0 heterocycles. The lowest BCUT2D eigenvalue weighted by Gasteiger charge is -1.86. The molecule has 0 atom stereocenters. The van der Waals surface area contributed by atoms with Crippen molar-refractivity contribution in [2.24, 2.45) is 0 Å². The van der Waals surface area contributed by atoms with E-state index in [2.05, 4.69) is 28.1 Å². The first kappa shape index (κ1) is 6.56. The zero-order valence-electron chi connectivity index (χ0n) is 4.92. The Morgan fingerprint density at radius 1 is 1.11 bits per heavy atom. The molecule has 0 aliphatic carbocycles. The predicted octanol–water partition coefficient (Wildman–Crippen LogP) is 3.05. The summed E-state index contributed by atoms with van der Waals surface area (Å²) in [7, 11) is 0. The third-order valence-corrected chi connectivity index (χ3v) is 1.32. The Morgan fingerprint density at radius 2 is 1.78 bits per heavy atom. The third-order valence-electron chi connectivity index (χ3n) is 1.06. The summed E-state index contributed by atoms with van der Waals surface area (Å²) < 4.78 is 0. The molecule has 1 aromatic carbocycles. The van der Waals surface area contributed by atoms with Crippen molar-refractivity contribution in [3.63, 3.8) is 0 Å². The average molecular weight is 179 g/mol. The van der Waals surface area contributed by atoms with E-state index in [-0.39, 0.29) is 0 Å². The van der Waals surface area contributed by atoms with E-state index in [1.807, 2.05) is 29.3 Å². The van der Waals surface area contributed by atoms with Crippen LogP contribution in [0, 0.1) is 0 Å². The van der Waals surface area contributed by atoms with Crippen LogP contribution in [0.4, 0.5) is 0 Å². The molecule has 1 aromatic rings. The van der Waals surface area contributed by atoms with Crippen molar-refractivity contribution in [1.82, 2.24) is 0 Å². The van der Waals surface area contributed by atoms with Gasteiger partial charge in [-0.3, -0.25) is 0 Å². The molecule has 0 unspecified atom stereocenters. The molecule has 0 radical (unpaired) electrons. The van der Waals surface area contributed by atoms with Crippen LogP contribution in [-0.4, -0.2) is 0 Å². The van der Waals surface area contributed by atoms with Gasteiger partial charge in [-0.05, 0) is 16.6 Å². The molecule has 1 heteroatoms. The van der Waals surface area contributed by atoms with Gasteiger partial charge in [0, 0.05) is 0 Å². The second kappa shape index (κ2) is 3.46. The van der Waals surface area contributed by atoms with E-state index in [0.717, 1.165) is 0 Å². The van der Waals surface area contributed by atoms with Gasteiger partial charge in [-0.15, -0.1) is 0 Å². The third kappa shape index (κ3) is 2.02. The highest BCUT2D eigenvalue weighted by Gasteiger charge is 1.78. The van der Waals surface area contributed by atoms with Crippen LogP contribution in [0.5, 0.6) is 0 Å². The second-order valence-corrected chi connectivity index (χ2v) is 2.23. The van der Waals surface area contributed by atoms with Crippen molar-refractivity contribution in [3.8, 4) is 0 Å². The van der Waals surface area contributed by atoms with Crippen molar-refractivity contribution < 1.29 is 0 Å². The molecule has 0 aliphatic heterocycles. The topological polar surface area (TPSA) is 0 Å². The molecule has 0 fully saturated rings. The maximum absolute atomic E-state index is 3.21. The van der Waals surface area contributed by atoms with E-state index in [1.165, 1.54) is 5.56 Å². The van der Waals surface area contributed by atoms with E-state index >= 15 is 0 Å². The van der Waals surface area contributed by atoms with Gasteiger partial charge in [0.2, 0.25) is 0 Å². The quantitative estimate of drug-likeness (QED) is 0.621. The fourth-order valence-corrected chi connectivity index (χ4v) is 0.942. The van der Waals surface area contributed by atoms with Crippen LogP contribution < -0.4 is 0 Å². The zero-order valence-corrected chi connectivity index (χ0v) is 6.51. The van der Waals surface area contributed by atoms with E-state index in [4.69, 9.17) is 0 Å². The molecular formula is C8H7Br. The van der Waals surface area contributed by atoms with Crippen molar-refractivity contribution in [2.45, 2.75) is 0 Å². The molecule has 0 N–H and O–H groups in total. The lowest BCUT2D eigenvalue weighted by atomic mass is 10.2. The molecule has 9 heavy (non-hydrogen) atoms. The zero-order chi connectivity index (χ0) is 6.53. The summed E-state index contributed by atoms with van der Waals surface area (Å²) >= 11 is 3.21. The molecule has 46 valence electrons. The van der Waals surface area contributed by atoms with Crippen LogP contribution in [0.15, 0.2) is 35.3 Å². The largest absolute Gasteiger partial charge is 0.0622 e. The first-order chi connectivity index (χ1) is 4.43. The van der Waals surface area contributed by atoms with Gasteiger partial charge in [0.15, 0.2) is 0 Å². The van der Waals surface area contributed by atoms with Gasteiger partial charge >= 0.3 is 0 Å². The van der Waals surface area contributed by atoms with Crippen molar-refractivity contribution in [1.29, 1.82) is 0 Å². The highest BCUT2D eigenvalue weighted by Crippen LogP contribution is 2.01. The summed E-state index contributed by atoms with van der Waals surface area (Å²) in [5, 5.41) is 0. The van der Waals surface area contributed by atoms with Crippen LogP contribution in [0.3, 0.4) is 0 Å². The van der Waals surface area contributed by atoms with Crippen LogP contribution in [0.1, 0.15) is 5.56 Å². The van der Waals surface area contributed by atoms with Crippen LogP contribution in [0.25, 0.3) is 6.08 Å². The Bertz CT molecular complexity index is 189. The molecular weight excluding hydrogens is 172 g/mol. The summed E-state index contributed by atoms with van der Waals surface area (Å²) in [6.07, 6.45) is 2.00. The first-order valence-corrected chi connectivity index (χ1v) is 3.67. The average Bonchev–Trinajstić information content (AvgIpc) is 1.91. The molecule has 0 nitrogen and oxygen atoms in total. The van der Waals surface area contributed by atoms with E-state index in [1.54, 1.807) is 0 Å². The second-order valence-electron chi connectivity index (χ2n) is 1.70. The number of halogens is 1. The van der Waals surface area contributed by atoms with Gasteiger partial charge in [-0.1, -0.05) is 46.3 Å². The molecule has 0 aliphatic rings. The normalized spacial score (nSPS) is 10.3. The summed E-state index contributed by atoms with van der Waals surface area (Å²) in [5.41, 5.74) is 1.22. The lowest BCUT2D eigenvalue weighted by molar-refractivity contribution is 1.67. The summed E-state index contributed by atoms with van der Waals surface area (Å²) in [5.74, 6) is 0. The monoisotopic (exact) mass is 179 g/mol. The molecule has 0 amide bonds. The summed E-state index contributed by atoms with van der Waals surface area (Å²) in [6.45, 7) is 0. The maximum Gasteiger partial charge on any atom is -0.0183 e. The predicted molar refractivity (Wildman–Crippen MR) is 44.4 cm³/mol. The molecule has 0 saturated carbocycles. The number of hydrogen-bond donors (Lipinski definition) is 0. The van der Waals surface area contributed by atoms with Crippen molar-refractivity contribution >= 4 is 22.0 Å². The van der Waals surface area contributed by atoms with Crippen LogP contribution in [0.2, 0.25) is 0 Å². The molecule has 1 rings (SSSR count). The van der Waals surface area contributed by atoms with Gasteiger partial charge in [-0.2, -0.15) is 0 Å². The minimum Gasteiger partial charge on any atom is -0.0622 e. The van der Waals surface area contributed by atoms with Crippen LogP contribution in [-0.2, 0) is 0 Å². The molecule has 0 bridgehead atoms. The summed E-state index contributed by atoms with van der Waals surface area (Å²) in [4.78, 5) is 1.85. The molecule has 0 saturated heterocycles. The maximum atomic E-state index is 3.21. The van der Waals surface area contributed by atoms with Crippen molar-refractivity contribution in [3.05, 3.63) is 40.9 Å². The SMILES string of the molecule is [76Br]/C=C\c1ccccc1. The molecule has 0 spiro atoms. The lowest BCUT2D eigenvalue weighted by Crippen LogP contribution is -1.64. The number of rotatable bonds is 1. The Hall–Kier alpha value is -0.560. The van der Waals surface area contributed by atoms with E-state index < -0.39 is 0 Å². The Balaban J connectivity index is 2.85. The smallest absolute Gasteiger partial charge is 0.0183 e. The standard InChI is InChI=1S/C8H7Br/c9-7-6-8-4-2-1-3-5-8/h1-7H/b7-6-/i9-4. The fourth-order valence-electron chi connectivity index (χ4n) is 0.637. The minimum absolute atomic E-state index is 1.22. The minimum atomic E-state index is 1.22. The van der Waals surface area contributed by atoms with E-state index in [9.17, 15) is 0 Å². The first-order valence-electron chi connectivity index (χ1n) is 2.75. The fraction of sp³-hybridized carbons (Fsp3) is 0. The molecule has 0 aromatic heterocycles. The van der Waals surface area contributed by atoms with Gasteiger partial charge < -0.3 is 0 Å². The highest BCUT2D eigenvalue weighted by atomic mass is 75.9. The van der Waals surface area contributed by atoms with Crippen molar-refractivity contribution in [2.75, 3.05) is 0 Å². The highest BCUT2D eigenvalue weighted by molar-refractivity contribution is 9.11.